The van der Waals surface area contributed by atoms with E-state index in [-0.39, 0.29) is 18.0 Å². The third-order valence-corrected chi connectivity index (χ3v) is 2.59. The van der Waals surface area contributed by atoms with Gasteiger partial charge in [-0.15, -0.1) is 0 Å². The minimum absolute atomic E-state index is 0.00356. The molecule has 0 aliphatic rings. The summed E-state index contributed by atoms with van der Waals surface area (Å²) < 4.78 is 15.1. The Morgan fingerprint density at radius 2 is 2.24 bits per heavy atom. The molecular weight excluding hydrogens is 223 g/mol. The Balaban J connectivity index is 2.71. The lowest BCUT2D eigenvalue weighted by molar-refractivity contribution is -0.136. The van der Waals surface area contributed by atoms with E-state index in [1.807, 2.05) is 13.8 Å². The van der Waals surface area contributed by atoms with Crippen LogP contribution < -0.4 is 0 Å². The van der Waals surface area contributed by atoms with Crippen molar-refractivity contribution in [1.29, 1.82) is 0 Å². The first-order chi connectivity index (χ1) is 8.00. The van der Waals surface area contributed by atoms with Crippen LogP contribution in [0.5, 0.6) is 0 Å². The van der Waals surface area contributed by atoms with Crippen LogP contribution in [-0.4, -0.2) is 20.9 Å². The molecule has 2 rings (SSSR count). The summed E-state index contributed by atoms with van der Waals surface area (Å²) in [4.78, 5) is 10.8. The normalized spacial score (nSPS) is 11.3. The van der Waals surface area contributed by atoms with Crippen molar-refractivity contribution in [2.75, 3.05) is 0 Å². The topological polar surface area (TPSA) is 55.1 Å². The van der Waals surface area contributed by atoms with Gasteiger partial charge in [0.2, 0.25) is 0 Å². The van der Waals surface area contributed by atoms with Gasteiger partial charge in [0.1, 0.15) is 5.52 Å². The summed E-state index contributed by atoms with van der Waals surface area (Å²) >= 11 is 0. The maximum atomic E-state index is 13.6. The van der Waals surface area contributed by atoms with Crippen molar-refractivity contribution >= 4 is 16.9 Å². The molecule has 2 aromatic rings. The van der Waals surface area contributed by atoms with Crippen molar-refractivity contribution in [3.63, 3.8) is 0 Å². The Kier molecular flexibility index (Phi) is 2.83. The molecular formula is C12H13FN2O2. The van der Waals surface area contributed by atoms with Crippen molar-refractivity contribution in [1.82, 2.24) is 9.78 Å². The quantitative estimate of drug-likeness (QED) is 0.890. The van der Waals surface area contributed by atoms with E-state index in [4.69, 9.17) is 5.11 Å². The van der Waals surface area contributed by atoms with Crippen LogP contribution in [0.2, 0.25) is 0 Å². The van der Waals surface area contributed by atoms with Crippen LogP contribution in [0.3, 0.4) is 0 Å². The molecule has 5 heteroatoms. The molecule has 0 aliphatic carbocycles. The molecule has 1 N–H and O–H groups in total. The number of hydrogen-bond acceptors (Lipinski definition) is 2. The molecule has 1 aromatic carbocycles. The SMILES string of the molecule is CC(C)n1nc2c(F)cccc2c1CC(=O)O. The minimum Gasteiger partial charge on any atom is -0.481 e. The maximum Gasteiger partial charge on any atom is 0.309 e. The van der Waals surface area contributed by atoms with Gasteiger partial charge in [0.25, 0.3) is 0 Å². The summed E-state index contributed by atoms with van der Waals surface area (Å²) in [5.41, 5.74) is 0.777. The monoisotopic (exact) mass is 236 g/mol. The number of carboxylic acids is 1. The molecule has 90 valence electrons. The average Bonchev–Trinajstić information content (AvgIpc) is 2.58. The van der Waals surface area contributed by atoms with Gasteiger partial charge in [-0.05, 0) is 19.9 Å². The molecule has 0 fully saturated rings. The number of carbonyl (C=O) groups is 1. The molecule has 0 unspecified atom stereocenters. The summed E-state index contributed by atoms with van der Waals surface area (Å²) in [6.45, 7) is 3.77. The van der Waals surface area contributed by atoms with Crippen molar-refractivity contribution in [3.05, 3.63) is 29.7 Å². The average molecular weight is 236 g/mol. The van der Waals surface area contributed by atoms with Crippen LogP contribution in [0.1, 0.15) is 25.6 Å². The Bertz CT molecular complexity index is 575. The second-order valence-electron chi connectivity index (χ2n) is 4.19. The molecule has 0 saturated heterocycles. The van der Waals surface area contributed by atoms with Crippen molar-refractivity contribution in [2.24, 2.45) is 0 Å². The molecule has 0 radical (unpaired) electrons. The fourth-order valence-electron chi connectivity index (χ4n) is 1.89. The molecule has 4 nitrogen and oxygen atoms in total. The third kappa shape index (κ3) is 2.00. The van der Waals surface area contributed by atoms with Crippen LogP contribution in [0, 0.1) is 5.82 Å². The fourth-order valence-corrected chi connectivity index (χ4v) is 1.89. The highest BCUT2D eigenvalue weighted by Gasteiger charge is 2.17. The Morgan fingerprint density at radius 3 is 2.82 bits per heavy atom. The molecule has 0 spiro atoms. The van der Waals surface area contributed by atoms with Crippen LogP contribution in [0.15, 0.2) is 18.2 Å². The van der Waals surface area contributed by atoms with Crippen molar-refractivity contribution < 1.29 is 14.3 Å². The van der Waals surface area contributed by atoms with E-state index in [1.54, 1.807) is 16.8 Å². The van der Waals surface area contributed by atoms with Crippen LogP contribution >= 0.6 is 0 Å². The Labute approximate surface area is 97.7 Å². The molecule has 0 saturated carbocycles. The Morgan fingerprint density at radius 1 is 1.53 bits per heavy atom. The molecule has 0 atom stereocenters. The van der Waals surface area contributed by atoms with E-state index in [1.165, 1.54) is 6.07 Å². The lowest BCUT2D eigenvalue weighted by atomic mass is 10.1. The van der Waals surface area contributed by atoms with E-state index >= 15 is 0 Å². The molecule has 17 heavy (non-hydrogen) atoms. The smallest absolute Gasteiger partial charge is 0.309 e. The number of fused-ring (bicyclic) bond motifs is 1. The van der Waals surface area contributed by atoms with Crippen molar-refractivity contribution in [2.45, 2.75) is 26.3 Å². The number of aliphatic carboxylic acids is 1. The highest BCUT2D eigenvalue weighted by molar-refractivity contribution is 5.85. The van der Waals surface area contributed by atoms with E-state index < -0.39 is 11.8 Å². The summed E-state index contributed by atoms with van der Waals surface area (Å²) in [7, 11) is 0. The minimum atomic E-state index is -0.946. The second kappa shape index (κ2) is 4.16. The van der Waals surface area contributed by atoms with Gasteiger partial charge in [0, 0.05) is 11.4 Å². The second-order valence-corrected chi connectivity index (χ2v) is 4.19. The van der Waals surface area contributed by atoms with E-state index in [9.17, 15) is 9.18 Å². The van der Waals surface area contributed by atoms with E-state index in [0.29, 0.717) is 11.1 Å². The third-order valence-electron chi connectivity index (χ3n) is 2.59. The van der Waals surface area contributed by atoms with Crippen molar-refractivity contribution in [3.8, 4) is 0 Å². The largest absolute Gasteiger partial charge is 0.481 e. The number of benzene rings is 1. The van der Waals surface area contributed by atoms with Crippen LogP contribution in [0.4, 0.5) is 4.39 Å². The van der Waals surface area contributed by atoms with E-state index in [0.717, 1.165) is 0 Å². The number of rotatable bonds is 3. The lowest BCUT2D eigenvalue weighted by Gasteiger charge is -2.09. The van der Waals surface area contributed by atoms with Gasteiger partial charge in [0.15, 0.2) is 5.82 Å². The van der Waals surface area contributed by atoms with Gasteiger partial charge in [-0.2, -0.15) is 5.10 Å². The molecule has 0 aliphatic heterocycles. The van der Waals surface area contributed by atoms with Gasteiger partial charge >= 0.3 is 5.97 Å². The lowest BCUT2D eigenvalue weighted by Crippen LogP contribution is -2.11. The number of hydrogen-bond donors (Lipinski definition) is 1. The summed E-state index contributed by atoms with van der Waals surface area (Å²) in [5, 5.41) is 13.6. The van der Waals surface area contributed by atoms with Gasteiger partial charge < -0.3 is 5.11 Å². The summed E-state index contributed by atoms with van der Waals surface area (Å²) in [6.07, 6.45) is -0.155. The zero-order valence-corrected chi connectivity index (χ0v) is 9.64. The van der Waals surface area contributed by atoms with Gasteiger partial charge in [-0.25, -0.2) is 4.39 Å². The fraction of sp³-hybridized carbons (Fsp3) is 0.333. The van der Waals surface area contributed by atoms with Gasteiger partial charge in [-0.3, -0.25) is 9.48 Å². The summed E-state index contributed by atoms with van der Waals surface area (Å²) in [5.74, 6) is -1.37. The molecule has 1 aromatic heterocycles. The summed E-state index contributed by atoms with van der Waals surface area (Å²) in [6, 6.07) is 4.58. The zero-order chi connectivity index (χ0) is 12.6. The molecule has 1 heterocycles. The highest BCUT2D eigenvalue weighted by atomic mass is 19.1. The number of carboxylic acid groups (broad SMARTS) is 1. The standard InChI is InChI=1S/C12H13FN2O2/c1-7(2)15-10(6-11(16)17)8-4-3-5-9(13)12(8)14-15/h3-5,7H,6H2,1-2H3,(H,16,17). The number of aromatic nitrogens is 2. The molecule has 0 amide bonds. The molecule has 0 bridgehead atoms. The van der Waals surface area contributed by atoms with E-state index in [2.05, 4.69) is 5.10 Å². The van der Waals surface area contributed by atoms with Crippen LogP contribution in [-0.2, 0) is 11.2 Å². The van der Waals surface area contributed by atoms with Gasteiger partial charge in [0.05, 0.1) is 12.1 Å². The van der Waals surface area contributed by atoms with Crippen LogP contribution in [0.25, 0.3) is 10.9 Å². The first kappa shape index (κ1) is 11.6. The predicted molar refractivity (Wildman–Crippen MR) is 61.4 cm³/mol. The zero-order valence-electron chi connectivity index (χ0n) is 9.64. The predicted octanol–water partition coefficient (Wildman–Crippen LogP) is 2.38. The number of halogens is 1. The van der Waals surface area contributed by atoms with Gasteiger partial charge in [-0.1, -0.05) is 12.1 Å². The maximum absolute atomic E-state index is 13.6. The Hall–Kier alpha value is -1.91. The first-order valence-corrected chi connectivity index (χ1v) is 5.38. The highest BCUT2D eigenvalue weighted by Crippen LogP contribution is 2.24. The number of nitrogens with zero attached hydrogens (tertiary/aromatic N) is 2. The first-order valence-electron chi connectivity index (χ1n) is 5.38.